The van der Waals surface area contributed by atoms with Crippen LogP contribution in [0.5, 0.6) is 0 Å². The van der Waals surface area contributed by atoms with Crippen LogP contribution < -0.4 is 5.32 Å². The summed E-state index contributed by atoms with van der Waals surface area (Å²) in [5.41, 5.74) is 2.59. The van der Waals surface area contributed by atoms with Crippen LogP contribution >= 0.6 is 0 Å². The van der Waals surface area contributed by atoms with Crippen LogP contribution in [0.25, 0.3) is 0 Å². The number of morpholine rings is 1. The van der Waals surface area contributed by atoms with Gasteiger partial charge in [0.05, 0.1) is 12.2 Å². The maximum absolute atomic E-state index is 13.3. The van der Waals surface area contributed by atoms with E-state index >= 15 is 0 Å². The van der Waals surface area contributed by atoms with Gasteiger partial charge in [0.2, 0.25) is 0 Å². The van der Waals surface area contributed by atoms with Gasteiger partial charge in [-0.1, -0.05) is 30.3 Å². The average Bonchev–Trinajstić information content (AvgIpc) is 2.60. The quantitative estimate of drug-likeness (QED) is 0.893. The Morgan fingerprint density at radius 2 is 1.81 bits per heavy atom. The Labute approximate surface area is 154 Å². The van der Waals surface area contributed by atoms with Crippen LogP contribution in [0.4, 0.5) is 4.39 Å². The molecule has 1 saturated heterocycles. The lowest BCUT2D eigenvalue weighted by Gasteiger charge is -2.35. The van der Waals surface area contributed by atoms with E-state index in [0.29, 0.717) is 12.1 Å². The zero-order chi connectivity index (χ0) is 18.5. The van der Waals surface area contributed by atoms with Crippen molar-refractivity contribution in [2.75, 3.05) is 13.1 Å². The summed E-state index contributed by atoms with van der Waals surface area (Å²) in [5.74, 6) is -0.679. The number of halogens is 1. The van der Waals surface area contributed by atoms with E-state index in [9.17, 15) is 9.18 Å². The summed E-state index contributed by atoms with van der Waals surface area (Å²) in [5, 5.41) is 2.89. The molecule has 3 rings (SSSR count). The maximum atomic E-state index is 13.3. The number of nitrogens with zero attached hydrogens (tertiary/aromatic N) is 1. The fourth-order valence-corrected chi connectivity index (χ4v) is 3.45. The molecule has 1 fully saturated rings. The van der Waals surface area contributed by atoms with Gasteiger partial charge in [-0.3, -0.25) is 9.69 Å². The van der Waals surface area contributed by atoms with E-state index in [-0.39, 0.29) is 18.1 Å². The van der Waals surface area contributed by atoms with E-state index in [1.165, 1.54) is 17.7 Å². The summed E-state index contributed by atoms with van der Waals surface area (Å²) in [6, 6.07) is 13.8. The van der Waals surface area contributed by atoms with E-state index in [1.54, 1.807) is 12.1 Å². The van der Waals surface area contributed by atoms with Crippen molar-refractivity contribution < 1.29 is 13.9 Å². The molecule has 0 saturated carbocycles. The van der Waals surface area contributed by atoms with Crippen molar-refractivity contribution in [1.82, 2.24) is 10.2 Å². The van der Waals surface area contributed by atoms with E-state index in [0.717, 1.165) is 25.2 Å². The van der Waals surface area contributed by atoms with Gasteiger partial charge in [0.15, 0.2) is 0 Å². The number of rotatable bonds is 5. The van der Waals surface area contributed by atoms with Crippen molar-refractivity contribution in [3.05, 3.63) is 71.0 Å². The maximum Gasteiger partial charge on any atom is 0.251 e. The van der Waals surface area contributed by atoms with Crippen LogP contribution in [0.1, 0.15) is 35.3 Å². The lowest BCUT2D eigenvalue weighted by atomic mass is 10.1. The van der Waals surface area contributed by atoms with Gasteiger partial charge in [0.1, 0.15) is 5.82 Å². The molecular formula is C21H25FN2O2. The van der Waals surface area contributed by atoms with Crippen molar-refractivity contribution in [1.29, 1.82) is 0 Å². The number of hydrogen-bond donors (Lipinski definition) is 1. The van der Waals surface area contributed by atoms with Crippen molar-refractivity contribution in [3.8, 4) is 0 Å². The SMILES string of the molecule is C[C@H]1CN(Cc2ccccc2CNC(=O)c2cccc(F)c2)C[C@H](C)O1. The van der Waals surface area contributed by atoms with Gasteiger partial charge >= 0.3 is 0 Å². The average molecular weight is 356 g/mol. The van der Waals surface area contributed by atoms with Crippen LogP contribution in [0.3, 0.4) is 0 Å². The highest BCUT2D eigenvalue weighted by Crippen LogP contribution is 2.17. The number of carbonyl (C=O) groups excluding carboxylic acids is 1. The summed E-state index contributed by atoms with van der Waals surface area (Å²) in [7, 11) is 0. The number of ether oxygens (including phenoxy) is 1. The van der Waals surface area contributed by atoms with Crippen molar-refractivity contribution in [2.45, 2.75) is 39.1 Å². The molecule has 0 radical (unpaired) electrons. The van der Waals surface area contributed by atoms with Gasteiger partial charge in [0, 0.05) is 31.7 Å². The number of hydrogen-bond acceptors (Lipinski definition) is 3. The molecule has 0 spiro atoms. The second-order valence-electron chi connectivity index (χ2n) is 6.91. The number of nitrogens with one attached hydrogen (secondary N) is 1. The Kier molecular flexibility index (Phi) is 6.01. The monoisotopic (exact) mass is 356 g/mol. The first kappa shape index (κ1) is 18.5. The molecule has 26 heavy (non-hydrogen) atoms. The molecule has 0 unspecified atom stereocenters. The normalized spacial score (nSPS) is 20.7. The Balaban J connectivity index is 1.64. The van der Waals surface area contributed by atoms with E-state index in [4.69, 9.17) is 4.74 Å². The number of benzene rings is 2. The third-order valence-corrected chi connectivity index (χ3v) is 4.53. The first-order chi connectivity index (χ1) is 12.5. The van der Waals surface area contributed by atoms with Crippen molar-refractivity contribution >= 4 is 5.91 Å². The van der Waals surface area contributed by atoms with E-state index in [2.05, 4.69) is 30.1 Å². The van der Waals surface area contributed by atoms with Gasteiger partial charge in [0.25, 0.3) is 5.91 Å². The molecule has 2 atom stereocenters. The minimum absolute atomic E-state index is 0.221. The Morgan fingerprint density at radius 1 is 1.12 bits per heavy atom. The van der Waals surface area contributed by atoms with Crippen molar-refractivity contribution in [3.63, 3.8) is 0 Å². The Bertz CT molecular complexity index is 755. The van der Waals surface area contributed by atoms with Gasteiger partial charge in [-0.25, -0.2) is 4.39 Å². The summed E-state index contributed by atoms with van der Waals surface area (Å²) in [4.78, 5) is 14.6. The molecule has 0 aromatic heterocycles. The fraction of sp³-hybridized carbons (Fsp3) is 0.381. The summed E-state index contributed by atoms with van der Waals surface area (Å²) in [6.45, 7) is 7.22. The van der Waals surface area contributed by atoms with Gasteiger partial charge in [-0.15, -0.1) is 0 Å². The highest BCUT2D eigenvalue weighted by molar-refractivity contribution is 5.94. The van der Waals surface area contributed by atoms with E-state index in [1.807, 2.05) is 18.2 Å². The molecule has 2 aromatic rings. The second kappa shape index (κ2) is 8.43. The van der Waals surface area contributed by atoms with E-state index < -0.39 is 5.82 Å². The molecule has 138 valence electrons. The zero-order valence-electron chi connectivity index (χ0n) is 15.2. The highest BCUT2D eigenvalue weighted by Gasteiger charge is 2.22. The molecular weight excluding hydrogens is 331 g/mol. The Hall–Kier alpha value is -2.24. The standard InChI is InChI=1S/C21H25FN2O2/c1-15-12-24(13-16(2)26-15)14-19-7-4-3-6-18(19)11-23-21(25)17-8-5-9-20(22)10-17/h3-10,15-16H,11-14H2,1-2H3,(H,23,25)/t15-,16-/m0/s1. The minimum Gasteiger partial charge on any atom is -0.373 e. The smallest absolute Gasteiger partial charge is 0.251 e. The zero-order valence-corrected chi connectivity index (χ0v) is 15.2. The summed E-state index contributed by atoms with van der Waals surface area (Å²) >= 11 is 0. The highest BCUT2D eigenvalue weighted by atomic mass is 19.1. The molecule has 4 nitrogen and oxygen atoms in total. The minimum atomic E-state index is -0.409. The van der Waals surface area contributed by atoms with Gasteiger partial charge < -0.3 is 10.1 Å². The van der Waals surface area contributed by atoms with Gasteiger partial charge in [-0.05, 0) is 43.2 Å². The van der Waals surface area contributed by atoms with Gasteiger partial charge in [-0.2, -0.15) is 0 Å². The van der Waals surface area contributed by atoms with Crippen LogP contribution in [0.2, 0.25) is 0 Å². The van der Waals surface area contributed by atoms with Crippen molar-refractivity contribution in [2.24, 2.45) is 0 Å². The third kappa shape index (κ3) is 4.90. The summed E-state index contributed by atoms with van der Waals surface area (Å²) < 4.78 is 19.1. The predicted octanol–water partition coefficient (Wildman–Crippen LogP) is 3.36. The third-order valence-electron chi connectivity index (χ3n) is 4.53. The van der Waals surface area contributed by atoms with Crippen LogP contribution in [-0.4, -0.2) is 36.1 Å². The molecule has 2 aromatic carbocycles. The molecule has 0 aliphatic carbocycles. The molecule has 1 N–H and O–H groups in total. The largest absolute Gasteiger partial charge is 0.373 e. The predicted molar refractivity (Wildman–Crippen MR) is 99.3 cm³/mol. The lowest BCUT2D eigenvalue weighted by Crippen LogP contribution is -2.45. The fourth-order valence-electron chi connectivity index (χ4n) is 3.45. The summed E-state index contributed by atoms with van der Waals surface area (Å²) in [6.07, 6.45) is 0.442. The molecule has 1 heterocycles. The topological polar surface area (TPSA) is 41.6 Å². The van der Waals surface area contributed by atoms with Crippen LogP contribution in [-0.2, 0) is 17.8 Å². The molecule has 1 amide bonds. The lowest BCUT2D eigenvalue weighted by molar-refractivity contribution is -0.0705. The molecule has 1 aliphatic rings. The first-order valence-electron chi connectivity index (χ1n) is 8.99. The molecule has 5 heteroatoms. The first-order valence-corrected chi connectivity index (χ1v) is 8.99. The Morgan fingerprint density at radius 3 is 2.50 bits per heavy atom. The number of carbonyl (C=O) groups is 1. The molecule has 0 bridgehead atoms. The second-order valence-corrected chi connectivity index (χ2v) is 6.91. The number of amides is 1. The molecule has 1 aliphatic heterocycles. The van der Waals surface area contributed by atoms with Crippen LogP contribution in [0.15, 0.2) is 48.5 Å². The van der Waals surface area contributed by atoms with Crippen LogP contribution in [0, 0.1) is 5.82 Å².